The predicted octanol–water partition coefficient (Wildman–Crippen LogP) is 4.38. The minimum absolute atomic E-state index is 0.152. The monoisotopic (exact) mass is 379 g/mol. The molecule has 2 aliphatic rings. The molecule has 4 nitrogen and oxygen atoms in total. The Labute approximate surface area is 165 Å². The van der Waals surface area contributed by atoms with Gasteiger partial charge < -0.3 is 4.90 Å². The molecule has 2 atom stereocenters. The lowest BCUT2D eigenvalue weighted by atomic mass is 10.1. The topological polar surface area (TPSA) is 47.3 Å². The summed E-state index contributed by atoms with van der Waals surface area (Å²) in [5.41, 5.74) is 2.85. The second-order valence-corrected chi connectivity index (χ2v) is 8.58. The number of nitriles is 1. The highest BCUT2D eigenvalue weighted by atomic mass is 32.1. The van der Waals surface area contributed by atoms with E-state index >= 15 is 0 Å². The van der Waals surface area contributed by atoms with Crippen molar-refractivity contribution in [1.29, 1.82) is 5.26 Å². The number of likely N-dealkylation sites (tertiary alicyclic amines) is 2. The number of hydrogen-bond donors (Lipinski definition) is 0. The van der Waals surface area contributed by atoms with E-state index in [0.29, 0.717) is 17.0 Å². The van der Waals surface area contributed by atoms with Gasteiger partial charge in [0.25, 0.3) is 5.91 Å². The first-order chi connectivity index (χ1) is 13.2. The molecule has 140 valence electrons. The highest BCUT2D eigenvalue weighted by Gasteiger charge is 2.32. The number of amides is 1. The first kappa shape index (κ1) is 18.2. The van der Waals surface area contributed by atoms with E-state index in [2.05, 4.69) is 22.8 Å². The molecule has 3 heterocycles. The fraction of sp³-hybridized carbons (Fsp3) is 0.455. The van der Waals surface area contributed by atoms with E-state index in [1.54, 1.807) is 0 Å². The third kappa shape index (κ3) is 3.78. The van der Waals surface area contributed by atoms with Crippen LogP contribution in [-0.4, -0.2) is 47.4 Å². The highest BCUT2D eigenvalue weighted by molar-refractivity contribution is 7.10. The van der Waals surface area contributed by atoms with Crippen LogP contribution in [0.25, 0.3) is 11.1 Å². The highest BCUT2D eigenvalue weighted by Crippen LogP contribution is 2.27. The number of rotatable bonds is 4. The standard InChI is InChI=1S/C22H25N3OS/c1-16-4-2-10-24(16)14-20-5-3-11-25(20)22(26)18-8-6-17(7-9-18)19-12-21(13-23)27-15-19/h6-9,12,15-16,20H,2-5,10-11,14H2,1H3/t16-,20+/m1/s1. The third-order valence-corrected chi connectivity index (χ3v) is 6.78. The van der Waals surface area contributed by atoms with Crippen molar-refractivity contribution < 1.29 is 4.79 Å². The molecule has 0 unspecified atom stereocenters. The minimum Gasteiger partial charge on any atom is -0.334 e. The molecule has 5 heteroatoms. The molecule has 2 saturated heterocycles. The van der Waals surface area contributed by atoms with E-state index in [-0.39, 0.29) is 5.91 Å². The second kappa shape index (κ2) is 7.84. The summed E-state index contributed by atoms with van der Waals surface area (Å²) in [5.74, 6) is 0.152. The molecule has 27 heavy (non-hydrogen) atoms. The molecule has 2 fully saturated rings. The molecule has 1 amide bonds. The molecule has 2 aliphatic heterocycles. The Kier molecular flexibility index (Phi) is 5.29. The maximum Gasteiger partial charge on any atom is 0.254 e. The number of benzene rings is 1. The van der Waals surface area contributed by atoms with Gasteiger partial charge in [-0.05, 0) is 73.9 Å². The zero-order valence-corrected chi connectivity index (χ0v) is 16.5. The molecule has 1 aromatic heterocycles. The van der Waals surface area contributed by atoms with Crippen LogP contribution in [0.5, 0.6) is 0 Å². The van der Waals surface area contributed by atoms with Gasteiger partial charge in [0, 0.05) is 30.7 Å². The summed E-state index contributed by atoms with van der Waals surface area (Å²) < 4.78 is 0. The van der Waals surface area contributed by atoms with Gasteiger partial charge in [0.05, 0.1) is 0 Å². The van der Waals surface area contributed by atoms with E-state index < -0.39 is 0 Å². The summed E-state index contributed by atoms with van der Waals surface area (Å²) in [6.07, 6.45) is 4.76. The fourth-order valence-electron chi connectivity index (χ4n) is 4.34. The lowest BCUT2D eigenvalue weighted by Gasteiger charge is -2.30. The zero-order valence-electron chi connectivity index (χ0n) is 15.7. The van der Waals surface area contributed by atoms with Gasteiger partial charge in [0.1, 0.15) is 10.9 Å². The van der Waals surface area contributed by atoms with Crippen molar-refractivity contribution in [2.45, 2.75) is 44.7 Å². The van der Waals surface area contributed by atoms with Crippen LogP contribution in [0.15, 0.2) is 35.7 Å². The molecule has 2 aromatic rings. The molecule has 0 N–H and O–H groups in total. The molecule has 0 aliphatic carbocycles. The van der Waals surface area contributed by atoms with Crippen LogP contribution in [0.3, 0.4) is 0 Å². The maximum absolute atomic E-state index is 13.1. The number of hydrogen-bond acceptors (Lipinski definition) is 4. The Balaban J connectivity index is 1.46. The zero-order chi connectivity index (χ0) is 18.8. The van der Waals surface area contributed by atoms with Gasteiger partial charge in [-0.25, -0.2) is 0 Å². The Morgan fingerprint density at radius 1 is 1.19 bits per heavy atom. The van der Waals surface area contributed by atoms with Crippen molar-refractivity contribution >= 4 is 17.2 Å². The molecule has 1 aromatic carbocycles. The third-order valence-electron chi connectivity index (χ3n) is 5.95. The molecule has 0 bridgehead atoms. The van der Waals surface area contributed by atoms with Gasteiger partial charge in [0.15, 0.2) is 0 Å². The van der Waals surface area contributed by atoms with Crippen molar-refractivity contribution in [3.8, 4) is 17.2 Å². The molecule has 0 radical (unpaired) electrons. The van der Waals surface area contributed by atoms with Crippen molar-refractivity contribution in [3.63, 3.8) is 0 Å². The Morgan fingerprint density at radius 2 is 1.96 bits per heavy atom. The van der Waals surface area contributed by atoms with Gasteiger partial charge in [0.2, 0.25) is 0 Å². The van der Waals surface area contributed by atoms with Gasteiger partial charge >= 0.3 is 0 Å². The van der Waals surface area contributed by atoms with Gasteiger partial charge in [-0.2, -0.15) is 5.26 Å². The van der Waals surface area contributed by atoms with Crippen molar-refractivity contribution in [1.82, 2.24) is 9.80 Å². The number of carbonyl (C=O) groups excluding carboxylic acids is 1. The lowest BCUT2D eigenvalue weighted by molar-refractivity contribution is 0.0697. The van der Waals surface area contributed by atoms with Crippen molar-refractivity contribution in [2.75, 3.05) is 19.6 Å². The van der Waals surface area contributed by atoms with E-state index in [1.807, 2.05) is 35.7 Å². The molecule has 0 saturated carbocycles. The average Bonchev–Trinajstić information content (AvgIpc) is 3.43. The SMILES string of the molecule is C[C@@H]1CCCN1C[C@@H]1CCCN1C(=O)c1ccc(-c2csc(C#N)c2)cc1. The van der Waals surface area contributed by atoms with Gasteiger partial charge in [-0.15, -0.1) is 11.3 Å². The normalized spacial score (nSPS) is 22.9. The Hall–Kier alpha value is -2.16. The van der Waals surface area contributed by atoms with Crippen LogP contribution in [0.4, 0.5) is 0 Å². The average molecular weight is 380 g/mol. The predicted molar refractivity (Wildman–Crippen MR) is 109 cm³/mol. The summed E-state index contributed by atoms with van der Waals surface area (Å²) in [7, 11) is 0. The summed E-state index contributed by atoms with van der Waals surface area (Å²) in [6.45, 7) is 5.34. The molecule has 0 spiro atoms. The van der Waals surface area contributed by atoms with Crippen molar-refractivity contribution in [2.24, 2.45) is 0 Å². The van der Waals surface area contributed by atoms with E-state index in [4.69, 9.17) is 5.26 Å². The molecular formula is C22H25N3OS. The van der Waals surface area contributed by atoms with E-state index in [1.165, 1.54) is 30.7 Å². The second-order valence-electron chi connectivity index (χ2n) is 7.67. The summed E-state index contributed by atoms with van der Waals surface area (Å²) in [6, 6.07) is 12.9. The number of thiophene rings is 1. The van der Waals surface area contributed by atoms with E-state index in [0.717, 1.165) is 42.6 Å². The smallest absolute Gasteiger partial charge is 0.254 e. The summed E-state index contributed by atoms with van der Waals surface area (Å²) >= 11 is 1.45. The van der Waals surface area contributed by atoms with Crippen LogP contribution < -0.4 is 0 Å². The summed E-state index contributed by atoms with van der Waals surface area (Å²) in [4.78, 5) is 18.4. The number of carbonyl (C=O) groups is 1. The molecule has 4 rings (SSSR count). The Morgan fingerprint density at radius 3 is 2.63 bits per heavy atom. The van der Waals surface area contributed by atoms with Gasteiger partial charge in [-0.3, -0.25) is 9.69 Å². The lowest BCUT2D eigenvalue weighted by Crippen LogP contribution is -2.44. The minimum atomic E-state index is 0.152. The van der Waals surface area contributed by atoms with Crippen LogP contribution in [-0.2, 0) is 0 Å². The molecular weight excluding hydrogens is 354 g/mol. The first-order valence-corrected chi connectivity index (χ1v) is 10.7. The van der Waals surface area contributed by atoms with Gasteiger partial charge in [-0.1, -0.05) is 12.1 Å². The number of nitrogens with zero attached hydrogens (tertiary/aromatic N) is 3. The van der Waals surface area contributed by atoms with E-state index in [9.17, 15) is 4.79 Å². The largest absolute Gasteiger partial charge is 0.334 e. The van der Waals surface area contributed by atoms with Crippen molar-refractivity contribution in [3.05, 3.63) is 46.2 Å². The maximum atomic E-state index is 13.1. The first-order valence-electron chi connectivity index (χ1n) is 9.80. The van der Waals surface area contributed by atoms with Crippen LogP contribution in [0.2, 0.25) is 0 Å². The van der Waals surface area contributed by atoms with Crippen LogP contribution in [0.1, 0.15) is 47.8 Å². The summed E-state index contributed by atoms with van der Waals surface area (Å²) in [5, 5.41) is 11.0. The fourth-order valence-corrected chi connectivity index (χ4v) is 5.05. The van der Waals surface area contributed by atoms with Crippen LogP contribution in [0, 0.1) is 11.3 Å². The van der Waals surface area contributed by atoms with Crippen LogP contribution >= 0.6 is 11.3 Å². The Bertz CT molecular complexity index is 851. The quantitative estimate of drug-likeness (QED) is 0.792.